The van der Waals surface area contributed by atoms with Crippen molar-refractivity contribution in [2.45, 2.75) is 45.3 Å². The van der Waals surface area contributed by atoms with E-state index in [9.17, 15) is 4.79 Å². The highest BCUT2D eigenvalue weighted by Crippen LogP contribution is 2.05. The quantitative estimate of drug-likeness (QED) is 0.817. The van der Waals surface area contributed by atoms with Crippen molar-refractivity contribution in [2.75, 3.05) is 19.8 Å². The predicted molar refractivity (Wildman–Crippen MR) is 70.8 cm³/mol. The average molecular weight is 253 g/mol. The molecule has 1 aliphatic heterocycles. The number of nitrogens with one attached hydrogen (secondary N) is 1. The lowest BCUT2D eigenvalue weighted by atomic mass is 10.1. The second kappa shape index (κ2) is 6.75. The van der Waals surface area contributed by atoms with Crippen LogP contribution in [0.3, 0.4) is 0 Å². The third-order valence-corrected chi connectivity index (χ3v) is 3.39. The highest BCUT2D eigenvalue weighted by atomic mass is 16.5. The molecule has 1 N–H and O–H groups in total. The number of ether oxygens (including phenoxy) is 1. The molecule has 1 fully saturated rings. The van der Waals surface area contributed by atoms with E-state index in [0.717, 1.165) is 52.1 Å². The summed E-state index contributed by atoms with van der Waals surface area (Å²) in [5.74, 6) is 0. The van der Waals surface area contributed by atoms with E-state index in [1.165, 1.54) is 0 Å². The van der Waals surface area contributed by atoms with Crippen LogP contribution in [-0.2, 0) is 17.8 Å². The lowest BCUT2D eigenvalue weighted by Crippen LogP contribution is -2.37. The van der Waals surface area contributed by atoms with Gasteiger partial charge in [-0.25, -0.2) is 4.79 Å². The molecule has 0 atom stereocenters. The predicted octanol–water partition coefficient (Wildman–Crippen LogP) is 0.828. The molecule has 1 aromatic rings. The first kappa shape index (κ1) is 13.4. The monoisotopic (exact) mass is 253 g/mol. The van der Waals surface area contributed by atoms with Crippen LogP contribution in [0.5, 0.6) is 0 Å². The van der Waals surface area contributed by atoms with E-state index in [4.69, 9.17) is 4.74 Å². The minimum atomic E-state index is 0.102. The molecule has 5 heteroatoms. The first-order valence-electron chi connectivity index (χ1n) is 6.88. The van der Waals surface area contributed by atoms with E-state index in [1.807, 2.05) is 12.4 Å². The molecule has 1 aliphatic rings. The van der Waals surface area contributed by atoms with Crippen molar-refractivity contribution in [2.24, 2.45) is 0 Å². The van der Waals surface area contributed by atoms with Gasteiger partial charge in [0.15, 0.2) is 0 Å². The molecule has 0 radical (unpaired) electrons. The van der Waals surface area contributed by atoms with Crippen LogP contribution >= 0.6 is 0 Å². The Kier molecular flexibility index (Phi) is 5.01. The van der Waals surface area contributed by atoms with Crippen LogP contribution < -0.4 is 11.0 Å². The van der Waals surface area contributed by atoms with Gasteiger partial charge in [-0.2, -0.15) is 0 Å². The van der Waals surface area contributed by atoms with Crippen LogP contribution in [0.15, 0.2) is 17.2 Å². The molecule has 0 amide bonds. The maximum Gasteiger partial charge on any atom is 0.328 e. The first-order valence-corrected chi connectivity index (χ1v) is 6.88. The second-order valence-electron chi connectivity index (χ2n) is 4.81. The van der Waals surface area contributed by atoms with Crippen LogP contribution in [0.25, 0.3) is 0 Å². The molecule has 0 aliphatic carbocycles. The van der Waals surface area contributed by atoms with Crippen molar-refractivity contribution in [1.82, 2.24) is 14.5 Å². The highest BCUT2D eigenvalue weighted by Gasteiger charge is 2.12. The third kappa shape index (κ3) is 3.46. The third-order valence-electron chi connectivity index (χ3n) is 3.39. The zero-order valence-corrected chi connectivity index (χ0v) is 11.1. The minimum Gasteiger partial charge on any atom is -0.381 e. The Morgan fingerprint density at radius 1 is 1.28 bits per heavy atom. The van der Waals surface area contributed by atoms with Gasteiger partial charge in [0.05, 0.1) is 0 Å². The fourth-order valence-electron chi connectivity index (χ4n) is 2.33. The van der Waals surface area contributed by atoms with Gasteiger partial charge in [0.2, 0.25) is 0 Å². The van der Waals surface area contributed by atoms with E-state index in [-0.39, 0.29) is 5.69 Å². The average Bonchev–Trinajstić information content (AvgIpc) is 2.73. The maximum absolute atomic E-state index is 11.9. The molecule has 0 bridgehead atoms. The van der Waals surface area contributed by atoms with Gasteiger partial charge >= 0.3 is 5.69 Å². The van der Waals surface area contributed by atoms with Crippen molar-refractivity contribution < 1.29 is 4.74 Å². The lowest BCUT2D eigenvalue weighted by molar-refractivity contribution is 0.0778. The minimum absolute atomic E-state index is 0.102. The van der Waals surface area contributed by atoms with E-state index in [2.05, 4.69) is 12.2 Å². The van der Waals surface area contributed by atoms with Crippen LogP contribution in [0.1, 0.15) is 26.2 Å². The van der Waals surface area contributed by atoms with Gasteiger partial charge in [0, 0.05) is 51.3 Å². The molecule has 0 spiro atoms. The van der Waals surface area contributed by atoms with Crippen LogP contribution in [0, 0.1) is 0 Å². The van der Waals surface area contributed by atoms with E-state index in [1.54, 1.807) is 9.13 Å². The summed E-state index contributed by atoms with van der Waals surface area (Å²) in [5, 5.41) is 3.49. The Morgan fingerprint density at radius 2 is 1.94 bits per heavy atom. The molecule has 1 saturated heterocycles. The van der Waals surface area contributed by atoms with Gasteiger partial charge in [-0.1, -0.05) is 6.92 Å². The van der Waals surface area contributed by atoms with Gasteiger partial charge in [0.25, 0.3) is 0 Å². The molecule has 0 unspecified atom stereocenters. The SMILES string of the molecule is CCCn1ccn(CCNC2CCOCC2)c1=O. The summed E-state index contributed by atoms with van der Waals surface area (Å²) in [6, 6.07) is 0.548. The summed E-state index contributed by atoms with van der Waals surface area (Å²) in [6.07, 6.45) is 6.89. The molecule has 2 rings (SSSR count). The zero-order valence-electron chi connectivity index (χ0n) is 11.1. The molecule has 102 valence electrons. The Hall–Kier alpha value is -1.07. The Labute approximate surface area is 108 Å². The standard InChI is InChI=1S/C13H23N3O2/c1-2-6-15-8-9-16(13(15)17)7-5-14-12-3-10-18-11-4-12/h8-9,12,14H,2-7,10-11H2,1H3. The first-order chi connectivity index (χ1) is 8.81. The lowest BCUT2D eigenvalue weighted by Gasteiger charge is -2.23. The molecular formula is C13H23N3O2. The molecular weight excluding hydrogens is 230 g/mol. The number of nitrogens with zero attached hydrogens (tertiary/aromatic N) is 2. The van der Waals surface area contributed by atoms with Crippen LogP contribution in [-0.4, -0.2) is 34.9 Å². The Morgan fingerprint density at radius 3 is 2.61 bits per heavy atom. The van der Waals surface area contributed by atoms with Crippen molar-refractivity contribution in [3.8, 4) is 0 Å². The molecule has 0 aromatic carbocycles. The maximum atomic E-state index is 11.9. The van der Waals surface area contributed by atoms with E-state index in [0.29, 0.717) is 6.04 Å². The van der Waals surface area contributed by atoms with E-state index >= 15 is 0 Å². The van der Waals surface area contributed by atoms with Crippen molar-refractivity contribution >= 4 is 0 Å². The van der Waals surface area contributed by atoms with Crippen LogP contribution in [0.2, 0.25) is 0 Å². The smallest absolute Gasteiger partial charge is 0.328 e. The van der Waals surface area contributed by atoms with E-state index < -0.39 is 0 Å². The van der Waals surface area contributed by atoms with Gasteiger partial charge in [-0.3, -0.25) is 9.13 Å². The fourth-order valence-corrected chi connectivity index (χ4v) is 2.33. The normalized spacial score (nSPS) is 17.2. The zero-order chi connectivity index (χ0) is 12.8. The van der Waals surface area contributed by atoms with Crippen molar-refractivity contribution in [3.63, 3.8) is 0 Å². The van der Waals surface area contributed by atoms with Gasteiger partial charge in [-0.05, 0) is 19.3 Å². The Bertz CT molecular complexity index is 405. The van der Waals surface area contributed by atoms with Gasteiger partial charge in [0.1, 0.15) is 0 Å². The molecule has 0 saturated carbocycles. The molecule has 1 aromatic heterocycles. The summed E-state index contributed by atoms with van der Waals surface area (Å²) in [6.45, 7) is 6.18. The number of aryl methyl sites for hydroxylation is 1. The summed E-state index contributed by atoms with van der Waals surface area (Å²) in [5.41, 5.74) is 0.102. The number of imidazole rings is 1. The number of rotatable bonds is 6. The molecule has 5 nitrogen and oxygen atoms in total. The topological polar surface area (TPSA) is 48.2 Å². The number of hydrogen-bond acceptors (Lipinski definition) is 3. The van der Waals surface area contributed by atoms with Gasteiger partial charge < -0.3 is 10.1 Å². The molecule has 18 heavy (non-hydrogen) atoms. The fraction of sp³-hybridized carbons (Fsp3) is 0.769. The summed E-state index contributed by atoms with van der Waals surface area (Å²) < 4.78 is 8.87. The van der Waals surface area contributed by atoms with Crippen molar-refractivity contribution in [3.05, 3.63) is 22.9 Å². The van der Waals surface area contributed by atoms with Gasteiger partial charge in [-0.15, -0.1) is 0 Å². The Balaban J connectivity index is 1.77. The molecule has 2 heterocycles. The number of aromatic nitrogens is 2. The summed E-state index contributed by atoms with van der Waals surface area (Å²) >= 11 is 0. The van der Waals surface area contributed by atoms with Crippen LogP contribution in [0.4, 0.5) is 0 Å². The number of hydrogen-bond donors (Lipinski definition) is 1. The largest absolute Gasteiger partial charge is 0.381 e. The highest BCUT2D eigenvalue weighted by molar-refractivity contribution is 4.82. The van der Waals surface area contributed by atoms with Crippen molar-refractivity contribution in [1.29, 1.82) is 0 Å². The second-order valence-corrected chi connectivity index (χ2v) is 4.81. The summed E-state index contributed by atoms with van der Waals surface area (Å²) in [7, 11) is 0. The summed E-state index contributed by atoms with van der Waals surface area (Å²) in [4.78, 5) is 11.9.